The van der Waals surface area contributed by atoms with Crippen LogP contribution in [-0.2, 0) is 4.57 Å². The van der Waals surface area contributed by atoms with Crippen LogP contribution in [0, 0.1) is 0 Å². The van der Waals surface area contributed by atoms with Gasteiger partial charge in [-0.3, -0.25) is 4.57 Å². The minimum absolute atomic E-state index is 0.0608. The van der Waals surface area contributed by atoms with Crippen molar-refractivity contribution >= 4 is 24.9 Å². The zero-order valence-electron chi connectivity index (χ0n) is 18.9. The molecule has 0 unspecified atom stereocenters. The molecule has 0 aliphatic heterocycles. The number of halogens is 1. The third kappa shape index (κ3) is 7.05. The van der Waals surface area contributed by atoms with Crippen LogP contribution in [0.15, 0.2) is 47.0 Å². The number of benzene rings is 2. The standard InChI is InChI=1S/C18H18ClN3O2.C5H11O3P/c1-11(2)23-16-9-6-13(10-15(16)19)17-21-18(24-22-17)12-4-7-14(20-3)8-5-12;6-9(7,8)5-3-1-2-4-5/h4-11,20H,1-3H3;5H,1-4H2,(H2,6,7,8). The summed E-state index contributed by atoms with van der Waals surface area (Å²) in [5.74, 6) is 1.59. The van der Waals surface area contributed by atoms with E-state index in [1.165, 1.54) is 0 Å². The lowest BCUT2D eigenvalue weighted by Gasteiger charge is -2.11. The Morgan fingerprint density at radius 3 is 2.27 bits per heavy atom. The summed E-state index contributed by atoms with van der Waals surface area (Å²) in [5.41, 5.74) is 2.33. The number of hydrogen-bond donors (Lipinski definition) is 3. The quantitative estimate of drug-likeness (QED) is 0.358. The summed E-state index contributed by atoms with van der Waals surface area (Å²) in [5, 5.41) is 7.62. The van der Waals surface area contributed by atoms with Crippen LogP contribution in [0.25, 0.3) is 22.8 Å². The van der Waals surface area contributed by atoms with Crippen LogP contribution in [0.3, 0.4) is 0 Å². The highest BCUT2D eigenvalue weighted by Gasteiger charge is 2.30. The maximum Gasteiger partial charge on any atom is 0.328 e. The summed E-state index contributed by atoms with van der Waals surface area (Å²) in [6, 6.07) is 13.2. The van der Waals surface area contributed by atoms with Crippen molar-refractivity contribution in [1.82, 2.24) is 10.1 Å². The van der Waals surface area contributed by atoms with Gasteiger partial charge < -0.3 is 24.4 Å². The third-order valence-corrected chi connectivity index (χ3v) is 6.96. The van der Waals surface area contributed by atoms with Crippen LogP contribution in [0.5, 0.6) is 5.75 Å². The Morgan fingerprint density at radius 1 is 1.12 bits per heavy atom. The zero-order chi connectivity index (χ0) is 24.0. The Balaban J connectivity index is 0.000000286. The first kappa shape index (κ1) is 25.2. The number of aromatic nitrogens is 2. The molecule has 0 radical (unpaired) electrons. The lowest BCUT2D eigenvalue weighted by atomic mass is 10.2. The fraction of sp³-hybridized carbons (Fsp3) is 0.391. The number of anilines is 1. The smallest absolute Gasteiger partial charge is 0.328 e. The fourth-order valence-corrected chi connectivity index (χ4v) is 4.73. The van der Waals surface area contributed by atoms with Crippen molar-refractivity contribution in [3.63, 3.8) is 0 Å². The van der Waals surface area contributed by atoms with E-state index in [4.69, 9.17) is 30.6 Å². The van der Waals surface area contributed by atoms with E-state index in [1.54, 1.807) is 6.07 Å². The van der Waals surface area contributed by atoms with Gasteiger partial charge in [-0.2, -0.15) is 4.98 Å². The van der Waals surface area contributed by atoms with Gasteiger partial charge in [0.25, 0.3) is 5.89 Å². The number of nitrogens with one attached hydrogen (secondary N) is 1. The molecule has 0 saturated heterocycles. The molecule has 0 atom stereocenters. The van der Waals surface area contributed by atoms with Gasteiger partial charge in [0.15, 0.2) is 0 Å². The molecule has 4 rings (SSSR count). The van der Waals surface area contributed by atoms with Gasteiger partial charge in [0.05, 0.1) is 16.8 Å². The van der Waals surface area contributed by atoms with Crippen LogP contribution in [-0.4, -0.2) is 38.7 Å². The van der Waals surface area contributed by atoms with Gasteiger partial charge in [-0.25, -0.2) is 0 Å². The van der Waals surface area contributed by atoms with Crippen molar-refractivity contribution < 1.29 is 23.6 Å². The maximum atomic E-state index is 10.5. The lowest BCUT2D eigenvalue weighted by Crippen LogP contribution is -2.05. The van der Waals surface area contributed by atoms with Crippen molar-refractivity contribution in [2.24, 2.45) is 0 Å². The summed E-state index contributed by atoms with van der Waals surface area (Å²) in [6.45, 7) is 3.91. The molecule has 178 valence electrons. The van der Waals surface area contributed by atoms with E-state index in [9.17, 15) is 4.57 Å². The Labute approximate surface area is 198 Å². The number of ether oxygens (including phenoxy) is 1. The first-order valence-corrected chi connectivity index (χ1v) is 12.9. The minimum Gasteiger partial charge on any atom is -0.489 e. The molecule has 3 aromatic rings. The summed E-state index contributed by atoms with van der Waals surface area (Å²) >= 11 is 6.26. The van der Waals surface area contributed by atoms with E-state index in [0.29, 0.717) is 35.3 Å². The van der Waals surface area contributed by atoms with Crippen molar-refractivity contribution in [3.05, 3.63) is 47.5 Å². The average Bonchev–Trinajstić information content (AvgIpc) is 3.48. The molecule has 0 spiro atoms. The molecule has 3 N–H and O–H groups in total. The van der Waals surface area contributed by atoms with Gasteiger partial charge in [0.2, 0.25) is 5.82 Å². The summed E-state index contributed by atoms with van der Waals surface area (Å²) in [4.78, 5) is 21.7. The second kappa shape index (κ2) is 11.2. The monoisotopic (exact) mass is 493 g/mol. The van der Waals surface area contributed by atoms with Crippen LogP contribution in [0.4, 0.5) is 5.69 Å². The predicted molar refractivity (Wildman–Crippen MR) is 130 cm³/mol. The molecule has 33 heavy (non-hydrogen) atoms. The molecule has 1 aromatic heterocycles. The SMILES string of the molecule is CNc1ccc(-c2nc(-c3ccc(OC(C)C)c(Cl)c3)no2)cc1.O=P(O)(O)C1CCCC1. The average molecular weight is 494 g/mol. The van der Waals surface area contributed by atoms with E-state index < -0.39 is 7.60 Å². The van der Waals surface area contributed by atoms with Gasteiger partial charge in [-0.1, -0.05) is 29.6 Å². The van der Waals surface area contributed by atoms with E-state index in [-0.39, 0.29) is 11.8 Å². The van der Waals surface area contributed by atoms with Gasteiger partial charge >= 0.3 is 7.60 Å². The molecular weight excluding hydrogens is 465 g/mol. The van der Waals surface area contributed by atoms with Gasteiger partial charge in [0, 0.05) is 23.9 Å². The Hall–Kier alpha value is -2.38. The zero-order valence-corrected chi connectivity index (χ0v) is 20.5. The highest BCUT2D eigenvalue weighted by molar-refractivity contribution is 7.52. The van der Waals surface area contributed by atoms with Gasteiger partial charge in [0.1, 0.15) is 5.75 Å². The number of hydrogen-bond acceptors (Lipinski definition) is 6. The fourth-order valence-electron chi connectivity index (χ4n) is 3.47. The largest absolute Gasteiger partial charge is 0.489 e. The first-order valence-electron chi connectivity index (χ1n) is 10.8. The van der Waals surface area contributed by atoms with Crippen LogP contribution >= 0.6 is 19.2 Å². The Bertz CT molecular complexity index is 1090. The highest BCUT2D eigenvalue weighted by Crippen LogP contribution is 2.48. The second-order valence-electron chi connectivity index (χ2n) is 8.09. The molecule has 1 aliphatic carbocycles. The topological polar surface area (TPSA) is 118 Å². The van der Waals surface area contributed by atoms with E-state index in [0.717, 1.165) is 29.7 Å². The first-order chi connectivity index (χ1) is 15.7. The van der Waals surface area contributed by atoms with Crippen molar-refractivity contribution in [3.8, 4) is 28.6 Å². The molecule has 10 heteroatoms. The predicted octanol–water partition coefficient (Wildman–Crippen LogP) is 5.99. The third-order valence-electron chi connectivity index (χ3n) is 5.20. The molecular formula is C23H29ClN3O5P. The minimum atomic E-state index is -3.71. The van der Waals surface area contributed by atoms with Crippen molar-refractivity contribution in [2.75, 3.05) is 12.4 Å². The van der Waals surface area contributed by atoms with Gasteiger partial charge in [-0.15, -0.1) is 0 Å². The highest BCUT2D eigenvalue weighted by atomic mass is 35.5. The van der Waals surface area contributed by atoms with Crippen molar-refractivity contribution in [2.45, 2.75) is 51.3 Å². The van der Waals surface area contributed by atoms with Crippen LogP contribution in [0.1, 0.15) is 39.5 Å². The molecule has 1 saturated carbocycles. The van der Waals surface area contributed by atoms with Gasteiger partial charge in [-0.05, 0) is 69.2 Å². The Morgan fingerprint density at radius 2 is 1.76 bits per heavy atom. The molecule has 1 aliphatic rings. The Kier molecular flexibility index (Phi) is 8.54. The summed E-state index contributed by atoms with van der Waals surface area (Å²) in [7, 11) is -1.84. The van der Waals surface area contributed by atoms with E-state index in [2.05, 4.69) is 15.5 Å². The molecule has 1 heterocycles. The van der Waals surface area contributed by atoms with E-state index in [1.807, 2.05) is 57.3 Å². The van der Waals surface area contributed by atoms with E-state index >= 15 is 0 Å². The number of nitrogens with zero attached hydrogens (tertiary/aromatic N) is 2. The summed E-state index contributed by atoms with van der Waals surface area (Å²) in [6.07, 6.45) is 3.45. The summed E-state index contributed by atoms with van der Waals surface area (Å²) < 4.78 is 21.5. The molecule has 1 fully saturated rings. The maximum absolute atomic E-state index is 10.5. The van der Waals surface area contributed by atoms with Crippen LogP contribution in [0.2, 0.25) is 5.02 Å². The molecule has 2 aromatic carbocycles. The molecule has 0 amide bonds. The normalized spacial score (nSPS) is 14.2. The van der Waals surface area contributed by atoms with Crippen LogP contribution < -0.4 is 10.1 Å². The van der Waals surface area contributed by atoms with Crippen molar-refractivity contribution in [1.29, 1.82) is 0 Å². The second-order valence-corrected chi connectivity index (χ2v) is 10.4. The molecule has 8 nitrogen and oxygen atoms in total. The number of rotatable bonds is 6. The molecule has 0 bridgehead atoms. The lowest BCUT2D eigenvalue weighted by molar-refractivity contribution is 0.242.